The summed E-state index contributed by atoms with van der Waals surface area (Å²) in [4.78, 5) is 0. The van der Waals surface area contributed by atoms with E-state index in [4.69, 9.17) is 4.74 Å². The molecule has 0 aromatic heterocycles. The van der Waals surface area contributed by atoms with Crippen LogP contribution in [0.25, 0.3) is 0 Å². The van der Waals surface area contributed by atoms with Crippen LogP contribution in [0.5, 0.6) is 5.75 Å². The van der Waals surface area contributed by atoms with Crippen LogP contribution in [0.3, 0.4) is 0 Å². The fraction of sp³-hybridized carbons (Fsp3) is 0.625. The molecule has 1 aromatic rings. The van der Waals surface area contributed by atoms with Crippen molar-refractivity contribution in [3.8, 4) is 5.75 Å². The van der Waals surface area contributed by atoms with Crippen molar-refractivity contribution in [3.63, 3.8) is 0 Å². The Labute approximate surface area is 111 Å². The lowest BCUT2D eigenvalue weighted by atomic mass is 9.88. The predicted octanol–water partition coefficient (Wildman–Crippen LogP) is 3.67. The second-order valence-corrected chi connectivity index (χ2v) is 5.19. The van der Waals surface area contributed by atoms with E-state index in [1.165, 1.54) is 18.4 Å². The van der Waals surface area contributed by atoms with Crippen molar-refractivity contribution in [1.82, 2.24) is 0 Å². The van der Waals surface area contributed by atoms with Crippen LogP contribution in [0, 0.1) is 11.8 Å². The van der Waals surface area contributed by atoms with Gasteiger partial charge in [0.05, 0.1) is 7.11 Å². The highest BCUT2D eigenvalue weighted by atomic mass is 16.5. The summed E-state index contributed by atoms with van der Waals surface area (Å²) in [7, 11) is 1.70. The van der Waals surface area contributed by atoms with Crippen LogP contribution in [0.2, 0.25) is 0 Å². The molecule has 0 amide bonds. The SMILES string of the molecule is CCCC(C)CC(CO)Cc1ccccc1OC. The van der Waals surface area contributed by atoms with Crippen LogP contribution >= 0.6 is 0 Å². The van der Waals surface area contributed by atoms with E-state index in [9.17, 15) is 5.11 Å². The first-order chi connectivity index (χ1) is 8.71. The number of aliphatic hydroxyl groups excluding tert-OH is 1. The molecule has 0 saturated heterocycles. The van der Waals surface area contributed by atoms with Crippen molar-refractivity contribution in [3.05, 3.63) is 29.8 Å². The smallest absolute Gasteiger partial charge is 0.122 e. The number of aliphatic hydroxyl groups is 1. The number of rotatable bonds is 8. The van der Waals surface area contributed by atoms with Gasteiger partial charge in [-0.05, 0) is 36.3 Å². The van der Waals surface area contributed by atoms with E-state index >= 15 is 0 Å². The van der Waals surface area contributed by atoms with Gasteiger partial charge in [-0.15, -0.1) is 0 Å². The van der Waals surface area contributed by atoms with Crippen molar-refractivity contribution in [2.75, 3.05) is 13.7 Å². The van der Waals surface area contributed by atoms with E-state index in [1.807, 2.05) is 18.2 Å². The minimum absolute atomic E-state index is 0.256. The normalized spacial score (nSPS) is 14.2. The van der Waals surface area contributed by atoms with Crippen LogP contribution in [-0.4, -0.2) is 18.8 Å². The first-order valence-electron chi connectivity index (χ1n) is 6.94. The highest BCUT2D eigenvalue weighted by molar-refractivity contribution is 5.33. The summed E-state index contributed by atoms with van der Waals surface area (Å²) in [6, 6.07) is 8.09. The molecule has 1 rings (SSSR count). The number of hydrogen-bond donors (Lipinski definition) is 1. The zero-order valence-corrected chi connectivity index (χ0v) is 11.9. The average Bonchev–Trinajstić information content (AvgIpc) is 2.38. The van der Waals surface area contributed by atoms with Gasteiger partial charge in [0.25, 0.3) is 0 Å². The summed E-state index contributed by atoms with van der Waals surface area (Å²) in [5.41, 5.74) is 1.20. The van der Waals surface area contributed by atoms with E-state index in [2.05, 4.69) is 19.9 Å². The first kappa shape index (κ1) is 15.0. The van der Waals surface area contributed by atoms with Gasteiger partial charge in [0.1, 0.15) is 5.75 Å². The number of hydrogen-bond acceptors (Lipinski definition) is 2. The fourth-order valence-electron chi connectivity index (χ4n) is 2.58. The molecule has 1 N–H and O–H groups in total. The molecule has 0 aliphatic rings. The second kappa shape index (κ2) is 8.15. The highest BCUT2D eigenvalue weighted by Crippen LogP contribution is 2.25. The molecule has 2 atom stereocenters. The van der Waals surface area contributed by atoms with E-state index in [-0.39, 0.29) is 6.61 Å². The Balaban J connectivity index is 2.61. The standard InChI is InChI=1S/C16H26O2/c1-4-7-13(2)10-14(12-17)11-15-8-5-6-9-16(15)18-3/h5-6,8-9,13-14,17H,4,7,10-12H2,1-3H3. The third kappa shape index (κ3) is 4.69. The van der Waals surface area contributed by atoms with Crippen molar-refractivity contribution in [2.24, 2.45) is 11.8 Å². The van der Waals surface area contributed by atoms with Crippen LogP contribution in [0.15, 0.2) is 24.3 Å². The molecular formula is C16H26O2. The van der Waals surface area contributed by atoms with Crippen molar-refractivity contribution in [1.29, 1.82) is 0 Å². The van der Waals surface area contributed by atoms with Gasteiger partial charge < -0.3 is 9.84 Å². The van der Waals surface area contributed by atoms with Gasteiger partial charge in [-0.25, -0.2) is 0 Å². The molecule has 1 aromatic carbocycles. The molecule has 2 unspecified atom stereocenters. The largest absolute Gasteiger partial charge is 0.496 e. The van der Waals surface area contributed by atoms with Gasteiger partial charge in [-0.1, -0.05) is 44.9 Å². The molecule has 0 fully saturated rings. The molecule has 0 radical (unpaired) electrons. The Hall–Kier alpha value is -1.02. The molecule has 2 nitrogen and oxygen atoms in total. The molecular weight excluding hydrogens is 224 g/mol. The van der Waals surface area contributed by atoms with Gasteiger partial charge in [-0.3, -0.25) is 0 Å². The van der Waals surface area contributed by atoms with E-state index in [0.29, 0.717) is 11.8 Å². The molecule has 0 saturated carbocycles. The van der Waals surface area contributed by atoms with Crippen LogP contribution in [0.1, 0.15) is 38.7 Å². The highest BCUT2D eigenvalue weighted by Gasteiger charge is 2.14. The molecule has 0 aliphatic heterocycles. The average molecular weight is 250 g/mol. The summed E-state index contributed by atoms with van der Waals surface area (Å²) in [6.45, 7) is 4.74. The zero-order valence-electron chi connectivity index (χ0n) is 11.9. The maximum Gasteiger partial charge on any atom is 0.122 e. The van der Waals surface area contributed by atoms with Crippen molar-refractivity contribution in [2.45, 2.75) is 39.5 Å². The third-order valence-electron chi connectivity index (χ3n) is 3.48. The number of methoxy groups -OCH3 is 1. The van der Waals surface area contributed by atoms with Crippen molar-refractivity contribution >= 4 is 0 Å². The molecule has 0 heterocycles. The third-order valence-corrected chi connectivity index (χ3v) is 3.48. The lowest BCUT2D eigenvalue weighted by Gasteiger charge is -2.19. The summed E-state index contributed by atoms with van der Waals surface area (Å²) in [6.07, 6.45) is 4.44. The van der Waals surface area contributed by atoms with Gasteiger partial charge in [-0.2, -0.15) is 0 Å². The lowest BCUT2D eigenvalue weighted by molar-refractivity contribution is 0.199. The molecule has 0 spiro atoms. The minimum atomic E-state index is 0.256. The number of benzene rings is 1. The fourth-order valence-corrected chi connectivity index (χ4v) is 2.58. The Morgan fingerprint density at radius 1 is 1.28 bits per heavy atom. The Kier molecular flexibility index (Phi) is 6.81. The quantitative estimate of drug-likeness (QED) is 0.762. The maximum absolute atomic E-state index is 9.53. The summed E-state index contributed by atoms with van der Waals surface area (Å²) >= 11 is 0. The van der Waals surface area contributed by atoms with Crippen molar-refractivity contribution < 1.29 is 9.84 Å². The topological polar surface area (TPSA) is 29.5 Å². The second-order valence-electron chi connectivity index (χ2n) is 5.19. The molecule has 2 heteroatoms. The Morgan fingerprint density at radius 2 is 2.00 bits per heavy atom. The molecule has 0 aliphatic carbocycles. The minimum Gasteiger partial charge on any atom is -0.496 e. The van der Waals surface area contributed by atoms with Gasteiger partial charge in [0.15, 0.2) is 0 Å². The van der Waals surface area contributed by atoms with Gasteiger partial charge in [0.2, 0.25) is 0 Å². The zero-order chi connectivity index (χ0) is 13.4. The summed E-state index contributed by atoms with van der Waals surface area (Å²) < 4.78 is 5.36. The molecule has 0 bridgehead atoms. The van der Waals surface area contributed by atoms with Gasteiger partial charge >= 0.3 is 0 Å². The summed E-state index contributed by atoms with van der Waals surface area (Å²) in [5, 5.41) is 9.53. The van der Waals surface area contributed by atoms with Crippen LogP contribution in [-0.2, 0) is 6.42 Å². The Bertz CT molecular complexity index is 336. The monoisotopic (exact) mass is 250 g/mol. The van der Waals surface area contributed by atoms with E-state index in [1.54, 1.807) is 7.11 Å². The van der Waals surface area contributed by atoms with E-state index in [0.717, 1.165) is 18.6 Å². The number of ether oxygens (including phenoxy) is 1. The number of para-hydroxylation sites is 1. The molecule has 102 valence electrons. The predicted molar refractivity (Wildman–Crippen MR) is 76.0 cm³/mol. The van der Waals surface area contributed by atoms with Crippen LogP contribution in [0.4, 0.5) is 0 Å². The maximum atomic E-state index is 9.53. The lowest BCUT2D eigenvalue weighted by Crippen LogP contribution is -2.14. The molecule has 18 heavy (non-hydrogen) atoms. The van der Waals surface area contributed by atoms with E-state index < -0.39 is 0 Å². The summed E-state index contributed by atoms with van der Waals surface area (Å²) in [5.74, 6) is 1.95. The van der Waals surface area contributed by atoms with Gasteiger partial charge in [0, 0.05) is 6.61 Å². The Morgan fingerprint density at radius 3 is 2.61 bits per heavy atom. The first-order valence-corrected chi connectivity index (χ1v) is 6.94. The van der Waals surface area contributed by atoms with Crippen LogP contribution < -0.4 is 4.74 Å².